The summed E-state index contributed by atoms with van der Waals surface area (Å²) in [4.78, 5) is 0. The van der Waals surface area contributed by atoms with Gasteiger partial charge >= 0.3 is 10.3 Å². The predicted molar refractivity (Wildman–Crippen MR) is 82.2 cm³/mol. The van der Waals surface area contributed by atoms with E-state index in [-0.39, 0.29) is 0 Å². The first-order valence-corrected chi connectivity index (χ1v) is 7.56. The van der Waals surface area contributed by atoms with Gasteiger partial charge in [-0.25, -0.2) is 0 Å². The van der Waals surface area contributed by atoms with Gasteiger partial charge in [-0.05, 0) is 48.9 Å². The molecule has 0 spiro atoms. The van der Waals surface area contributed by atoms with Crippen LogP contribution in [0.25, 0.3) is 0 Å². The standard InChI is InChI=1S/C13H14N4O3S/c1-9-2-7-12-13(8-9)17(21(18,19)20)16(15-12)11-5-3-10(14)4-6-11/h2-8,15H,14H2,1H3,(H,18,19,20). The number of nitrogens with one attached hydrogen (secondary N) is 1. The van der Waals surface area contributed by atoms with Crippen LogP contribution in [0.3, 0.4) is 0 Å². The lowest BCUT2D eigenvalue weighted by Crippen LogP contribution is -2.45. The number of nitrogen functional groups attached to an aromatic ring is 1. The Balaban J connectivity index is 2.13. The van der Waals surface area contributed by atoms with Gasteiger partial charge in [-0.1, -0.05) is 6.07 Å². The lowest BCUT2D eigenvalue weighted by Gasteiger charge is -2.27. The van der Waals surface area contributed by atoms with Gasteiger partial charge in [0.2, 0.25) is 0 Å². The Morgan fingerprint density at radius 3 is 2.43 bits per heavy atom. The van der Waals surface area contributed by atoms with Crippen LogP contribution < -0.4 is 20.7 Å². The van der Waals surface area contributed by atoms with Crippen molar-refractivity contribution < 1.29 is 13.0 Å². The maximum Gasteiger partial charge on any atom is 0.379 e. The molecule has 110 valence electrons. The summed E-state index contributed by atoms with van der Waals surface area (Å²) in [6.45, 7) is 1.84. The Morgan fingerprint density at radius 1 is 1.14 bits per heavy atom. The molecule has 0 atom stereocenters. The van der Waals surface area contributed by atoms with E-state index in [4.69, 9.17) is 5.73 Å². The summed E-state index contributed by atoms with van der Waals surface area (Å²) in [7, 11) is -4.47. The first kappa shape index (κ1) is 13.5. The van der Waals surface area contributed by atoms with Gasteiger partial charge in [0, 0.05) is 5.69 Å². The molecule has 0 bridgehead atoms. The molecule has 1 aliphatic rings. The van der Waals surface area contributed by atoms with Crippen molar-refractivity contribution in [1.29, 1.82) is 0 Å². The number of nitrogens with two attached hydrogens (primary N) is 1. The number of hydrogen-bond acceptors (Lipinski definition) is 5. The van der Waals surface area contributed by atoms with E-state index in [0.29, 0.717) is 22.7 Å². The Bertz CT molecular complexity index is 790. The summed E-state index contributed by atoms with van der Waals surface area (Å²) in [5.41, 5.74) is 11.5. The molecule has 4 N–H and O–H groups in total. The van der Waals surface area contributed by atoms with Crippen LogP contribution in [0.1, 0.15) is 5.56 Å². The molecule has 2 aromatic rings. The number of hydrazine groups is 2. The van der Waals surface area contributed by atoms with Crippen molar-refractivity contribution in [3.05, 3.63) is 48.0 Å². The molecule has 21 heavy (non-hydrogen) atoms. The van der Waals surface area contributed by atoms with Gasteiger partial charge in [-0.3, -0.25) is 9.98 Å². The Hall–Kier alpha value is -2.45. The summed E-state index contributed by atoms with van der Waals surface area (Å²) in [6.07, 6.45) is 0. The van der Waals surface area contributed by atoms with Gasteiger partial charge < -0.3 is 5.73 Å². The summed E-state index contributed by atoms with van der Waals surface area (Å²) in [5.74, 6) is 0. The lowest BCUT2D eigenvalue weighted by molar-refractivity contribution is 0.478. The zero-order chi connectivity index (χ0) is 15.2. The first-order valence-electron chi connectivity index (χ1n) is 6.17. The van der Waals surface area contributed by atoms with Gasteiger partial charge in [-0.15, -0.1) is 4.41 Å². The molecule has 0 saturated carbocycles. The quantitative estimate of drug-likeness (QED) is 0.579. The average Bonchev–Trinajstić information content (AvgIpc) is 2.77. The van der Waals surface area contributed by atoms with E-state index >= 15 is 0 Å². The van der Waals surface area contributed by atoms with E-state index in [9.17, 15) is 13.0 Å². The van der Waals surface area contributed by atoms with Crippen molar-refractivity contribution in [1.82, 2.24) is 0 Å². The molecule has 0 aromatic heterocycles. The van der Waals surface area contributed by atoms with E-state index in [0.717, 1.165) is 9.98 Å². The molecular formula is C13H14N4O3S. The molecule has 2 aromatic carbocycles. The Kier molecular flexibility index (Phi) is 2.92. The first-order chi connectivity index (χ1) is 9.86. The fraction of sp³-hybridized carbons (Fsp3) is 0.0769. The van der Waals surface area contributed by atoms with Crippen molar-refractivity contribution in [2.24, 2.45) is 0 Å². The van der Waals surface area contributed by atoms with Crippen molar-refractivity contribution >= 4 is 33.1 Å². The van der Waals surface area contributed by atoms with Crippen LogP contribution in [0.2, 0.25) is 0 Å². The van der Waals surface area contributed by atoms with E-state index in [1.165, 1.54) is 5.12 Å². The summed E-state index contributed by atoms with van der Waals surface area (Å²) >= 11 is 0. The minimum Gasteiger partial charge on any atom is -0.399 e. The maximum absolute atomic E-state index is 11.7. The SMILES string of the molecule is Cc1ccc2c(c1)N(S(=O)(=O)O)N(c1ccc(N)cc1)N2. The average molecular weight is 306 g/mol. The third-order valence-electron chi connectivity index (χ3n) is 3.12. The normalized spacial score (nSPS) is 14.0. The number of hydrogen-bond donors (Lipinski definition) is 3. The highest BCUT2D eigenvalue weighted by Gasteiger charge is 2.35. The highest BCUT2D eigenvalue weighted by molar-refractivity contribution is 7.87. The van der Waals surface area contributed by atoms with Crippen molar-refractivity contribution in [3.63, 3.8) is 0 Å². The third-order valence-corrected chi connectivity index (χ3v) is 3.92. The van der Waals surface area contributed by atoms with Crippen LogP contribution in [-0.2, 0) is 10.3 Å². The summed E-state index contributed by atoms with van der Waals surface area (Å²) < 4.78 is 33.8. The van der Waals surface area contributed by atoms with Crippen LogP contribution >= 0.6 is 0 Å². The molecule has 3 rings (SSSR count). The second kappa shape index (κ2) is 4.54. The Labute approximate surface area is 122 Å². The molecular weight excluding hydrogens is 292 g/mol. The number of nitrogens with zero attached hydrogens (tertiary/aromatic N) is 2. The van der Waals surface area contributed by atoms with E-state index in [1.54, 1.807) is 36.4 Å². The molecule has 0 saturated heterocycles. The molecule has 7 nitrogen and oxygen atoms in total. The van der Waals surface area contributed by atoms with Gasteiger partial charge in [0.05, 0.1) is 11.4 Å². The molecule has 0 amide bonds. The largest absolute Gasteiger partial charge is 0.399 e. The highest BCUT2D eigenvalue weighted by Crippen LogP contribution is 2.38. The molecule has 1 aliphatic heterocycles. The van der Waals surface area contributed by atoms with Crippen molar-refractivity contribution in [2.75, 3.05) is 20.7 Å². The molecule has 8 heteroatoms. The van der Waals surface area contributed by atoms with Crippen LogP contribution in [0.15, 0.2) is 42.5 Å². The predicted octanol–water partition coefficient (Wildman–Crippen LogP) is 1.95. The number of anilines is 4. The fourth-order valence-corrected chi connectivity index (χ4v) is 2.92. The van der Waals surface area contributed by atoms with Crippen LogP contribution in [0, 0.1) is 6.92 Å². The second-order valence-electron chi connectivity index (χ2n) is 4.76. The van der Waals surface area contributed by atoms with Crippen LogP contribution in [-0.4, -0.2) is 13.0 Å². The lowest BCUT2D eigenvalue weighted by atomic mass is 10.2. The minimum absolute atomic E-state index is 0.356. The van der Waals surface area contributed by atoms with Gasteiger partial charge in [0.15, 0.2) is 0 Å². The van der Waals surface area contributed by atoms with Gasteiger partial charge in [-0.2, -0.15) is 13.5 Å². The topological polar surface area (TPSA) is 98.9 Å². The highest BCUT2D eigenvalue weighted by atomic mass is 32.2. The zero-order valence-electron chi connectivity index (χ0n) is 11.2. The van der Waals surface area contributed by atoms with Crippen molar-refractivity contribution in [3.8, 4) is 0 Å². The van der Waals surface area contributed by atoms with Crippen LogP contribution in [0.5, 0.6) is 0 Å². The van der Waals surface area contributed by atoms with Crippen LogP contribution in [0.4, 0.5) is 22.7 Å². The smallest absolute Gasteiger partial charge is 0.379 e. The van der Waals surface area contributed by atoms with Gasteiger partial charge in [0.25, 0.3) is 0 Å². The van der Waals surface area contributed by atoms with E-state index < -0.39 is 10.3 Å². The summed E-state index contributed by atoms with van der Waals surface area (Å²) in [5, 5.41) is 1.25. The second-order valence-corrected chi connectivity index (χ2v) is 6.00. The van der Waals surface area contributed by atoms with Crippen molar-refractivity contribution in [2.45, 2.75) is 6.92 Å². The fourth-order valence-electron chi connectivity index (χ4n) is 2.17. The molecule has 0 aliphatic carbocycles. The zero-order valence-corrected chi connectivity index (χ0v) is 12.0. The van der Waals surface area contributed by atoms with Gasteiger partial charge in [0.1, 0.15) is 5.69 Å². The number of benzene rings is 2. The Morgan fingerprint density at radius 2 is 1.81 bits per heavy atom. The summed E-state index contributed by atoms with van der Waals surface area (Å²) in [6, 6.07) is 11.9. The molecule has 0 unspecified atom stereocenters. The maximum atomic E-state index is 11.7. The number of rotatable bonds is 2. The van der Waals surface area contributed by atoms with E-state index in [2.05, 4.69) is 5.43 Å². The molecule has 1 heterocycles. The number of fused-ring (bicyclic) bond motifs is 1. The molecule has 0 fully saturated rings. The monoisotopic (exact) mass is 306 g/mol. The molecule has 0 radical (unpaired) electrons. The third kappa shape index (κ3) is 2.34. The van der Waals surface area contributed by atoms with E-state index in [1.807, 2.05) is 13.0 Å². The number of aryl methyl sites for hydroxylation is 1. The minimum atomic E-state index is -4.47.